The first-order chi connectivity index (χ1) is 16.6. The van der Waals surface area contributed by atoms with Gasteiger partial charge in [-0.05, 0) is 12.1 Å². The van der Waals surface area contributed by atoms with Crippen molar-refractivity contribution < 1.29 is 32.3 Å². The van der Waals surface area contributed by atoms with E-state index in [2.05, 4.69) is 16.9 Å². The molecule has 1 aliphatic heterocycles. The van der Waals surface area contributed by atoms with Gasteiger partial charge >= 0.3 is 0 Å². The van der Waals surface area contributed by atoms with E-state index in [4.69, 9.17) is 0 Å². The number of amides is 2. The van der Waals surface area contributed by atoms with Crippen LogP contribution in [0.1, 0.15) is 23.2 Å². The number of aliphatic hydroxyl groups is 1. The molecule has 0 unspecified atom stereocenters. The van der Waals surface area contributed by atoms with Crippen molar-refractivity contribution in [1.82, 2.24) is 14.9 Å². The minimum atomic E-state index is -1.34. The van der Waals surface area contributed by atoms with E-state index >= 15 is 0 Å². The molecule has 0 saturated carbocycles. The van der Waals surface area contributed by atoms with E-state index in [0.717, 1.165) is 15.7 Å². The molecular weight excluding hydrogens is 472 g/mol. The molecule has 8 nitrogen and oxygen atoms in total. The number of anilines is 1. The minimum Gasteiger partial charge on any atom is -0.391 e. The zero-order chi connectivity index (χ0) is 25.4. The zero-order valence-electron chi connectivity index (χ0n) is 18.0. The highest BCUT2D eigenvalue weighted by atomic mass is 19.1. The highest BCUT2D eigenvalue weighted by Crippen LogP contribution is 2.26. The number of rotatable bonds is 6. The number of carbonyl (C=O) groups excluding carboxylic acids is 2. The fourth-order valence-electron chi connectivity index (χ4n) is 3.76. The lowest BCUT2D eigenvalue weighted by atomic mass is 10.1. The van der Waals surface area contributed by atoms with E-state index in [9.17, 15) is 37.1 Å². The third-order valence-corrected chi connectivity index (χ3v) is 5.37. The van der Waals surface area contributed by atoms with E-state index in [1.54, 1.807) is 0 Å². The topological polar surface area (TPSA) is 105 Å². The van der Waals surface area contributed by atoms with Gasteiger partial charge in [0, 0.05) is 31.3 Å². The predicted molar refractivity (Wildman–Crippen MR) is 117 cm³/mol. The van der Waals surface area contributed by atoms with Gasteiger partial charge in [-0.3, -0.25) is 23.9 Å². The summed E-state index contributed by atoms with van der Waals surface area (Å²) in [4.78, 5) is 43.2. The van der Waals surface area contributed by atoms with Crippen molar-refractivity contribution in [3.05, 3.63) is 76.1 Å². The Kier molecular flexibility index (Phi) is 6.39. The third-order valence-electron chi connectivity index (χ3n) is 5.37. The number of fused-ring (bicyclic) bond motifs is 1. The average Bonchev–Trinajstić information content (AvgIpc) is 3.11. The van der Waals surface area contributed by atoms with Crippen LogP contribution in [-0.2, 0) is 4.79 Å². The highest BCUT2D eigenvalue weighted by molar-refractivity contribution is 5.99. The van der Waals surface area contributed by atoms with Gasteiger partial charge in [0.25, 0.3) is 5.91 Å². The van der Waals surface area contributed by atoms with Gasteiger partial charge in [-0.25, -0.2) is 22.5 Å². The summed E-state index contributed by atoms with van der Waals surface area (Å²) in [5, 5.41) is 11.9. The molecule has 1 atom stereocenters. The van der Waals surface area contributed by atoms with Crippen molar-refractivity contribution in [2.45, 2.75) is 18.9 Å². The first-order valence-electron chi connectivity index (χ1n) is 10.4. The second-order valence-corrected chi connectivity index (χ2v) is 7.89. The number of hydrogen-bond acceptors (Lipinski definition) is 5. The van der Waals surface area contributed by atoms with Gasteiger partial charge in [0.1, 0.15) is 22.9 Å². The molecule has 0 bridgehead atoms. The van der Waals surface area contributed by atoms with E-state index in [0.29, 0.717) is 12.1 Å². The Morgan fingerprint density at radius 3 is 2.49 bits per heavy atom. The van der Waals surface area contributed by atoms with Crippen molar-refractivity contribution in [3.8, 4) is 5.69 Å². The van der Waals surface area contributed by atoms with Crippen LogP contribution in [0.3, 0.4) is 0 Å². The fraction of sp³-hybridized carbons (Fsp3) is 0.217. The van der Waals surface area contributed by atoms with Gasteiger partial charge in [-0.15, -0.1) is 0 Å². The van der Waals surface area contributed by atoms with Gasteiger partial charge in [0.05, 0.1) is 30.3 Å². The third kappa shape index (κ3) is 4.64. The summed E-state index contributed by atoms with van der Waals surface area (Å²) in [6.45, 7) is 2.79. The van der Waals surface area contributed by atoms with Crippen LogP contribution in [0.2, 0.25) is 0 Å². The Labute approximate surface area is 195 Å². The molecule has 1 aliphatic rings. The Balaban J connectivity index is 1.93. The van der Waals surface area contributed by atoms with Gasteiger partial charge in [-0.1, -0.05) is 6.58 Å². The van der Waals surface area contributed by atoms with E-state index in [1.165, 1.54) is 12.1 Å². The standard InChI is InChI=1S/C23H18F4N4O4/c1-11(24)4-5-28-23(35)15-10-31(20-16(26)6-12(25)7-17(20)27)22-14(21(15)34)2-3-18(29-22)30-9-13(32)8-19(30)33/h2-3,6-7,10,13,32H,1,4-5,8-9H2,(H,28,35)/t13-/m0/s1. The van der Waals surface area contributed by atoms with Crippen LogP contribution < -0.4 is 15.6 Å². The Morgan fingerprint density at radius 1 is 1.20 bits per heavy atom. The SMILES string of the molecule is C=C(F)CCNC(=O)c1cn(-c2c(F)cc(F)cc2F)c2nc(N3C[C@@H](O)CC3=O)ccc2c1=O. The van der Waals surface area contributed by atoms with Gasteiger partial charge in [-0.2, -0.15) is 0 Å². The summed E-state index contributed by atoms with van der Waals surface area (Å²) < 4.78 is 56.6. The summed E-state index contributed by atoms with van der Waals surface area (Å²) in [6.07, 6.45) is -0.477. The predicted octanol–water partition coefficient (Wildman–Crippen LogP) is 2.50. The van der Waals surface area contributed by atoms with Crippen LogP contribution in [0.5, 0.6) is 0 Å². The maximum Gasteiger partial charge on any atom is 0.256 e. The molecule has 1 aromatic carbocycles. The van der Waals surface area contributed by atoms with Crippen LogP contribution in [0.25, 0.3) is 16.7 Å². The van der Waals surface area contributed by atoms with Crippen molar-refractivity contribution in [2.24, 2.45) is 0 Å². The number of carbonyl (C=O) groups is 2. The molecule has 0 aliphatic carbocycles. The minimum absolute atomic E-state index is 0.00575. The summed E-state index contributed by atoms with van der Waals surface area (Å²) >= 11 is 0. The molecule has 12 heteroatoms. The first-order valence-corrected chi connectivity index (χ1v) is 10.4. The zero-order valence-corrected chi connectivity index (χ0v) is 18.0. The monoisotopic (exact) mass is 490 g/mol. The fourth-order valence-corrected chi connectivity index (χ4v) is 3.76. The Bertz CT molecular complexity index is 1420. The Hall–Kier alpha value is -4.06. The molecular formula is C23H18F4N4O4. The normalized spacial score (nSPS) is 15.6. The maximum absolute atomic E-state index is 14.7. The molecule has 3 aromatic rings. The van der Waals surface area contributed by atoms with Crippen molar-refractivity contribution >= 4 is 28.7 Å². The number of hydrogen-bond donors (Lipinski definition) is 2. The molecule has 0 radical (unpaired) electrons. The largest absolute Gasteiger partial charge is 0.391 e. The summed E-state index contributed by atoms with van der Waals surface area (Å²) in [7, 11) is 0. The molecule has 35 heavy (non-hydrogen) atoms. The maximum atomic E-state index is 14.7. The van der Waals surface area contributed by atoms with Crippen LogP contribution in [-0.4, -0.2) is 45.7 Å². The Morgan fingerprint density at radius 2 is 1.89 bits per heavy atom. The summed E-state index contributed by atoms with van der Waals surface area (Å²) in [6, 6.07) is 3.34. The number of pyridine rings is 2. The molecule has 2 N–H and O–H groups in total. The van der Waals surface area contributed by atoms with Crippen LogP contribution in [0.15, 0.2) is 47.7 Å². The first kappa shape index (κ1) is 24.1. The van der Waals surface area contributed by atoms with Crippen LogP contribution in [0, 0.1) is 17.5 Å². The molecule has 2 aromatic heterocycles. The quantitative estimate of drug-likeness (QED) is 0.517. The van der Waals surface area contributed by atoms with Crippen molar-refractivity contribution in [2.75, 3.05) is 18.0 Å². The van der Waals surface area contributed by atoms with Crippen LogP contribution >= 0.6 is 0 Å². The molecule has 3 heterocycles. The molecule has 182 valence electrons. The molecule has 4 rings (SSSR count). The van der Waals surface area contributed by atoms with Gasteiger partial charge in [0.15, 0.2) is 17.3 Å². The smallest absolute Gasteiger partial charge is 0.256 e. The highest BCUT2D eigenvalue weighted by Gasteiger charge is 2.31. The second kappa shape index (κ2) is 9.29. The molecule has 1 fully saturated rings. The summed E-state index contributed by atoms with van der Waals surface area (Å²) in [5.41, 5.74) is -2.52. The van der Waals surface area contributed by atoms with Gasteiger partial charge < -0.3 is 10.4 Å². The number of aliphatic hydroxyl groups excluding tert-OH is 1. The molecule has 0 spiro atoms. The summed E-state index contributed by atoms with van der Waals surface area (Å²) in [5.74, 6) is -5.98. The lowest BCUT2D eigenvalue weighted by Crippen LogP contribution is -2.31. The second-order valence-electron chi connectivity index (χ2n) is 7.89. The lowest BCUT2D eigenvalue weighted by molar-refractivity contribution is -0.117. The van der Waals surface area contributed by atoms with E-state index in [1.807, 2.05) is 0 Å². The number of benzene rings is 1. The average molecular weight is 490 g/mol. The molecule has 2 amide bonds. The molecule has 1 saturated heterocycles. The van der Waals surface area contributed by atoms with Crippen molar-refractivity contribution in [1.29, 1.82) is 0 Å². The van der Waals surface area contributed by atoms with E-state index in [-0.39, 0.29) is 42.8 Å². The van der Waals surface area contributed by atoms with Gasteiger partial charge in [0.2, 0.25) is 11.3 Å². The van der Waals surface area contributed by atoms with Crippen LogP contribution in [0.4, 0.5) is 23.4 Å². The number of halogens is 4. The van der Waals surface area contributed by atoms with Crippen molar-refractivity contribution in [3.63, 3.8) is 0 Å². The number of aromatic nitrogens is 2. The number of nitrogens with zero attached hydrogens (tertiary/aromatic N) is 3. The van der Waals surface area contributed by atoms with E-state index < -0.39 is 57.9 Å². The number of nitrogens with one attached hydrogen (secondary N) is 1. The number of β-amino-alcohol motifs (C(OH)–C–C–N with tert-alkyl or cyclic N) is 1. The lowest BCUT2D eigenvalue weighted by Gasteiger charge is -2.18.